The van der Waals surface area contributed by atoms with Gasteiger partial charge in [0.25, 0.3) is 0 Å². The van der Waals surface area contributed by atoms with Gasteiger partial charge in [-0.25, -0.2) is 4.79 Å². The molecule has 1 aliphatic rings. The highest BCUT2D eigenvalue weighted by atomic mass is 16.6. The Labute approximate surface area is 171 Å². The molecule has 0 spiro atoms. The Kier molecular flexibility index (Phi) is 6.88. The molecule has 154 valence electrons. The fourth-order valence-corrected chi connectivity index (χ4v) is 3.47. The molecule has 1 amide bonds. The maximum atomic E-state index is 13.3. The lowest BCUT2D eigenvalue weighted by Gasteiger charge is -2.36. The Morgan fingerprint density at radius 3 is 2.31 bits per heavy atom. The first-order valence-corrected chi connectivity index (χ1v) is 9.88. The van der Waals surface area contributed by atoms with E-state index in [2.05, 4.69) is 5.32 Å². The number of carbonyl (C=O) groups is 2. The van der Waals surface area contributed by atoms with Crippen LogP contribution in [0.5, 0.6) is 5.75 Å². The van der Waals surface area contributed by atoms with Crippen LogP contribution in [-0.4, -0.2) is 38.3 Å². The van der Waals surface area contributed by atoms with Crippen LogP contribution in [0.15, 0.2) is 48.5 Å². The van der Waals surface area contributed by atoms with Crippen molar-refractivity contribution in [2.45, 2.75) is 32.1 Å². The highest BCUT2D eigenvalue weighted by Crippen LogP contribution is 2.36. The molecular weight excluding hydrogens is 370 g/mol. The van der Waals surface area contributed by atoms with Gasteiger partial charge in [0.15, 0.2) is 6.61 Å². The van der Waals surface area contributed by atoms with E-state index >= 15 is 0 Å². The number of nitrogens with one attached hydrogen (secondary N) is 1. The Balaban J connectivity index is 1.69. The van der Waals surface area contributed by atoms with E-state index in [1.165, 1.54) is 0 Å². The Hall–Kier alpha value is -2.86. The fraction of sp³-hybridized carbons (Fsp3) is 0.391. The summed E-state index contributed by atoms with van der Waals surface area (Å²) in [6.45, 7) is 5.07. The molecule has 0 saturated carbocycles. The van der Waals surface area contributed by atoms with Crippen LogP contribution >= 0.6 is 0 Å². The molecule has 0 unspecified atom stereocenters. The zero-order chi connectivity index (χ0) is 20.7. The zero-order valence-electron chi connectivity index (χ0n) is 16.9. The van der Waals surface area contributed by atoms with Crippen molar-refractivity contribution in [2.75, 3.05) is 31.7 Å². The molecule has 1 fully saturated rings. The maximum Gasteiger partial charge on any atom is 0.344 e. The number of aryl methyl sites for hydroxylation is 1. The maximum absolute atomic E-state index is 13.3. The van der Waals surface area contributed by atoms with Gasteiger partial charge in [-0.1, -0.05) is 29.8 Å². The molecule has 2 aromatic carbocycles. The monoisotopic (exact) mass is 397 g/mol. The van der Waals surface area contributed by atoms with E-state index in [0.29, 0.717) is 44.1 Å². The SMILES string of the molecule is CCOC(=O)COc1ccc(NC(=O)C2(c3ccc(C)cc3)CCOCC2)cc1. The van der Waals surface area contributed by atoms with Crippen molar-refractivity contribution in [1.82, 2.24) is 0 Å². The van der Waals surface area contributed by atoms with E-state index in [1.54, 1.807) is 31.2 Å². The van der Waals surface area contributed by atoms with Crippen molar-refractivity contribution < 1.29 is 23.8 Å². The summed E-state index contributed by atoms with van der Waals surface area (Å²) < 4.78 is 15.7. The molecule has 29 heavy (non-hydrogen) atoms. The summed E-state index contributed by atoms with van der Waals surface area (Å²) in [6, 6.07) is 15.1. The highest BCUT2D eigenvalue weighted by Gasteiger charge is 2.41. The van der Waals surface area contributed by atoms with Gasteiger partial charge in [-0.15, -0.1) is 0 Å². The highest BCUT2D eigenvalue weighted by molar-refractivity contribution is 5.99. The number of hydrogen-bond acceptors (Lipinski definition) is 5. The van der Waals surface area contributed by atoms with Crippen molar-refractivity contribution in [3.63, 3.8) is 0 Å². The van der Waals surface area contributed by atoms with Crippen LogP contribution in [0.3, 0.4) is 0 Å². The topological polar surface area (TPSA) is 73.9 Å². The first kappa shape index (κ1) is 20.9. The number of benzene rings is 2. The largest absolute Gasteiger partial charge is 0.482 e. The number of carbonyl (C=O) groups excluding carboxylic acids is 2. The number of anilines is 1. The van der Waals surface area contributed by atoms with Crippen LogP contribution in [0, 0.1) is 6.92 Å². The van der Waals surface area contributed by atoms with Gasteiger partial charge in [0, 0.05) is 18.9 Å². The third kappa shape index (κ3) is 5.15. The minimum Gasteiger partial charge on any atom is -0.482 e. The minimum absolute atomic E-state index is 0.0372. The fourth-order valence-electron chi connectivity index (χ4n) is 3.47. The molecule has 6 heteroatoms. The van der Waals surface area contributed by atoms with Gasteiger partial charge in [0.05, 0.1) is 12.0 Å². The smallest absolute Gasteiger partial charge is 0.344 e. The number of ether oxygens (including phenoxy) is 3. The average Bonchev–Trinajstić information content (AvgIpc) is 2.74. The molecule has 2 aromatic rings. The first-order chi connectivity index (χ1) is 14.0. The first-order valence-electron chi connectivity index (χ1n) is 9.88. The summed E-state index contributed by atoms with van der Waals surface area (Å²) in [4.78, 5) is 24.7. The zero-order valence-corrected chi connectivity index (χ0v) is 16.9. The molecule has 1 heterocycles. The summed E-state index contributed by atoms with van der Waals surface area (Å²) in [5.41, 5.74) is 2.25. The summed E-state index contributed by atoms with van der Waals surface area (Å²) in [5, 5.41) is 3.04. The molecule has 0 aliphatic carbocycles. The van der Waals surface area contributed by atoms with E-state index < -0.39 is 11.4 Å². The van der Waals surface area contributed by atoms with E-state index in [-0.39, 0.29) is 12.5 Å². The van der Waals surface area contributed by atoms with Gasteiger partial charge < -0.3 is 19.5 Å². The van der Waals surface area contributed by atoms with Crippen molar-refractivity contribution in [1.29, 1.82) is 0 Å². The summed E-state index contributed by atoms with van der Waals surface area (Å²) in [5.74, 6) is 0.0876. The predicted molar refractivity (Wildman–Crippen MR) is 110 cm³/mol. The van der Waals surface area contributed by atoms with Crippen molar-refractivity contribution in [2.24, 2.45) is 0 Å². The van der Waals surface area contributed by atoms with Crippen LogP contribution < -0.4 is 10.1 Å². The van der Waals surface area contributed by atoms with E-state index in [1.807, 2.05) is 31.2 Å². The number of rotatable bonds is 7. The number of hydrogen-bond donors (Lipinski definition) is 1. The molecular formula is C23H27NO5. The summed E-state index contributed by atoms with van der Waals surface area (Å²) in [6.07, 6.45) is 1.28. The average molecular weight is 397 g/mol. The molecule has 1 aliphatic heterocycles. The van der Waals surface area contributed by atoms with Gasteiger partial charge in [0.2, 0.25) is 5.91 Å². The lowest BCUT2D eigenvalue weighted by atomic mass is 9.73. The van der Waals surface area contributed by atoms with Crippen LogP contribution in [0.25, 0.3) is 0 Å². The van der Waals surface area contributed by atoms with E-state index in [9.17, 15) is 9.59 Å². The normalized spacial score (nSPS) is 15.4. The van der Waals surface area contributed by atoms with Crippen LogP contribution in [-0.2, 0) is 24.5 Å². The standard InChI is InChI=1S/C23H27NO5/c1-3-28-21(25)16-29-20-10-8-19(9-11-20)24-22(26)23(12-14-27-15-13-23)18-6-4-17(2)5-7-18/h4-11H,3,12-16H2,1-2H3,(H,24,26). The van der Waals surface area contributed by atoms with Crippen LogP contribution in [0.2, 0.25) is 0 Å². The van der Waals surface area contributed by atoms with Gasteiger partial charge in [-0.2, -0.15) is 0 Å². The van der Waals surface area contributed by atoms with Gasteiger partial charge in [-0.3, -0.25) is 4.79 Å². The minimum atomic E-state index is -0.606. The van der Waals surface area contributed by atoms with Crippen molar-refractivity contribution in [3.05, 3.63) is 59.7 Å². The van der Waals surface area contributed by atoms with Crippen LogP contribution in [0.1, 0.15) is 30.9 Å². The third-order valence-corrected chi connectivity index (χ3v) is 5.16. The quantitative estimate of drug-likeness (QED) is 0.723. The van der Waals surface area contributed by atoms with Gasteiger partial charge >= 0.3 is 5.97 Å². The van der Waals surface area contributed by atoms with Crippen molar-refractivity contribution in [3.8, 4) is 5.75 Å². The molecule has 6 nitrogen and oxygen atoms in total. The molecule has 3 rings (SSSR count). The Morgan fingerprint density at radius 1 is 1.03 bits per heavy atom. The van der Waals surface area contributed by atoms with Gasteiger partial charge in [-0.05, 0) is 56.5 Å². The van der Waals surface area contributed by atoms with Gasteiger partial charge in [0.1, 0.15) is 5.75 Å². The second-order valence-electron chi connectivity index (χ2n) is 7.13. The third-order valence-electron chi connectivity index (χ3n) is 5.16. The summed E-state index contributed by atoms with van der Waals surface area (Å²) >= 11 is 0. The lowest BCUT2D eigenvalue weighted by molar-refractivity contribution is -0.145. The molecule has 1 N–H and O–H groups in total. The van der Waals surface area contributed by atoms with E-state index in [4.69, 9.17) is 14.2 Å². The van der Waals surface area contributed by atoms with Crippen LogP contribution in [0.4, 0.5) is 5.69 Å². The molecule has 0 atom stereocenters. The number of esters is 1. The molecule has 1 saturated heterocycles. The molecule has 0 radical (unpaired) electrons. The lowest BCUT2D eigenvalue weighted by Crippen LogP contribution is -2.44. The number of amides is 1. The Bertz CT molecular complexity index is 823. The van der Waals surface area contributed by atoms with E-state index in [0.717, 1.165) is 11.1 Å². The molecule has 0 aromatic heterocycles. The predicted octanol–water partition coefficient (Wildman–Crippen LogP) is 3.62. The second-order valence-corrected chi connectivity index (χ2v) is 7.13. The Morgan fingerprint density at radius 2 is 1.69 bits per heavy atom. The summed E-state index contributed by atoms with van der Waals surface area (Å²) in [7, 11) is 0. The second kappa shape index (κ2) is 9.56. The molecule has 0 bridgehead atoms. The van der Waals surface area contributed by atoms with Crippen molar-refractivity contribution >= 4 is 17.6 Å².